The van der Waals surface area contributed by atoms with E-state index in [9.17, 15) is 0 Å². The van der Waals surface area contributed by atoms with Gasteiger partial charge in [-0.2, -0.15) is 0 Å². The molecule has 2 nitrogen and oxygen atoms in total. The van der Waals surface area contributed by atoms with Gasteiger partial charge in [0.25, 0.3) is 0 Å². The van der Waals surface area contributed by atoms with Crippen LogP contribution in [-0.2, 0) is 0 Å². The molecule has 2 aromatic carbocycles. The minimum Gasteiger partial charge on any atom is -0.457 e. The van der Waals surface area contributed by atoms with Crippen LogP contribution >= 0.6 is 0 Å². The predicted octanol–water partition coefficient (Wildman–Crippen LogP) is 5.96. The second-order valence-corrected chi connectivity index (χ2v) is 5.68. The number of hydrogen-bond acceptors (Lipinski definition) is 2. The van der Waals surface area contributed by atoms with Gasteiger partial charge in [-0.1, -0.05) is 41.5 Å². The molecule has 0 radical (unpaired) electrons. The SMILES string of the molecule is CC1=CC=C(Oc2cccc(Oc3ccc(C)cc3)c2)C=CC1. The molecule has 0 aromatic heterocycles. The molecule has 1 aliphatic rings. The van der Waals surface area contributed by atoms with Crippen molar-refractivity contribution >= 4 is 0 Å². The van der Waals surface area contributed by atoms with Crippen molar-refractivity contribution in [2.75, 3.05) is 0 Å². The molecule has 0 N–H and O–H groups in total. The van der Waals surface area contributed by atoms with Crippen LogP contribution < -0.4 is 9.47 Å². The molecule has 0 aliphatic heterocycles. The molecular weight excluding hydrogens is 284 g/mol. The van der Waals surface area contributed by atoms with Gasteiger partial charge in [0.1, 0.15) is 23.0 Å². The van der Waals surface area contributed by atoms with Gasteiger partial charge in [0.15, 0.2) is 0 Å². The van der Waals surface area contributed by atoms with Crippen LogP contribution in [0.5, 0.6) is 17.2 Å². The Bertz CT molecular complexity index is 765. The van der Waals surface area contributed by atoms with E-state index in [-0.39, 0.29) is 0 Å². The fourth-order valence-electron chi connectivity index (χ4n) is 2.26. The summed E-state index contributed by atoms with van der Waals surface area (Å²) in [7, 11) is 0. The van der Waals surface area contributed by atoms with Gasteiger partial charge in [0.2, 0.25) is 0 Å². The van der Waals surface area contributed by atoms with Gasteiger partial charge in [-0.3, -0.25) is 0 Å². The molecule has 116 valence electrons. The minimum atomic E-state index is 0.760. The zero-order valence-electron chi connectivity index (χ0n) is 13.5. The topological polar surface area (TPSA) is 18.5 Å². The Morgan fingerprint density at radius 1 is 0.783 bits per heavy atom. The summed E-state index contributed by atoms with van der Waals surface area (Å²) in [5.74, 6) is 3.17. The van der Waals surface area contributed by atoms with Gasteiger partial charge in [0, 0.05) is 6.07 Å². The van der Waals surface area contributed by atoms with Crippen LogP contribution in [0, 0.1) is 6.92 Å². The van der Waals surface area contributed by atoms with Gasteiger partial charge in [-0.25, -0.2) is 0 Å². The van der Waals surface area contributed by atoms with Crippen molar-refractivity contribution in [2.45, 2.75) is 20.3 Å². The molecule has 0 amide bonds. The molecule has 2 heteroatoms. The maximum absolute atomic E-state index is 5.93. The second kappa shape index (κ2) is 7.01. The third-order valence-corrected chi connectivity index (χ3v) is 3.55. The maximum Gasteiger partial charge on any atom is 0.131 e. The average molecular weight is 304 g/mol. The normalized spacial score (nSPS) is 13.8. The number of benzene rings is 2. The van der Waals surface area contributed by atoms with E-state index in [0.29, 0.717) is 0 Å². The van der Waals surface area contributed by atoms with E-state index in [2.05, 4.69) is 26.0 Å². The van der Waals surface area contributed by atoms with Gasteiger partial charge in [-0.15, -0.1) is 0 Å². The molecule has 23 heavy (non-hydrogen) atoms. The van der Waals surface area contributed by atoms with Crippen LogP contribution in [0.1, 0.15) is 18.9 Å². The molecule has 0 unspecified atom stereocenters. The summed E-state index contributed by atoms with van der Waals surface area (Å²) in [5.41, 5.74) is 2.53. The van der Waals surface area contributed by atoms with Gasteiger partial charge >= 0.3 is 0 Å². The first-order valence-corrected chi connectivity index (χ1v) is 7.75. The molecule has 3 rings (SSSR count). The summed E-state index contributed by atoms with van der Waals surface area (Å²) in [6.45, 7) is 4.17. The Balaban J connectivity index is 1.73. The van der Waals surface area contributed by atoms with Crippen LogP contribution in [0.15, 0.2) is 84.2 Å². The molecule has 2 aromatic rings. The molecule has 0 heterocycles. The molecular formula is C21H20O2. The highest BCUT2D eigenvalue weighted by Crippen LogP contribution is 2.27. The van der Waals surface area contributed by atoms with Crippen molar-refractivity contribution < 1.29 is 9.47 Å². The Hall–Kier alpha value is -2.74. The van der Waals surface area contributed by atoms with E-state index < -0.39 is 0 Å². The third kappa shape index (κ3) is 4.36. The highest BCUT2D eigenvalue weighted by atomic mass is 16.5. The number of rotatable bonds is 4. The van der Waals surface area contributed by atoms with Gasteiger partial charge in [-0.05, 0) is 56.7 Å². The van der Waals surface area contributed by atoms with Gasteiger partial charge in [0.05, 0.1) is 0 Å². The number of allylic oxidation sites excluding steroid dienone is 5. The molecule has 0 atom stereocenters. The summed E-state index contributed by atoms with van der Waals surface area (Å²) < 4.78 is 11.8. The van der Waals surface area contributed by atoms with Crippen molar-refractivity contribution in [3.8, 4) is 17.2 Å². The first kappa shape index (κ1) is 15.2. The van der Waals surface area contributed by atoms with Crippen LogP contribution in [0.2, 0.25) is 0 Å². The van der Waals surface area contributed by atoms with Crippen LogP contribution in [0.3, 0.4) is 0 Å². The zero-order chi connectivity index (χ0) is 16.1. The van der Waals surface area contributed by atoms with Crippen molar-refractivity contribution in [3.05, 3.63) is 89.7 Å². The van der Waals surface area contributed by atoms with E-state index in [4.69, 9.17) is 9.47 Å². The van der Waals surface area contributed by atoms with E-state index in [1.807, 2.05) is 60.7 Å². The lowest BCUT2D eigenvalue weighted by Crippen LogP contribution is -1.92. The van der Waals surface area contributed by atoms with Crippen LogP contribution in [0.4, 0.5) is 0 Å². The van der Waals surface area contributed by atoms with E-state index in [0.717, 1.165) is 29.4 Å². The van der Waals surface area contributed by atoms with E-state index in [1.54, 1.807) is 0 Å². The first-order chi connectivity index (χ1) is 11.2. The molecule has 1 aliphatic carbocycles. The first-order valence-electron chi connectivity index (χ1n) is 7.75. The summed E-state index contributed by atoms with van der Waals surface area (Å²) in [4.78, 5) is 0. The number of hydrogen-bond donors (Lipinski definition) is 0. The van der Waals surface area contributed by atoms with Crippen LogP contribution in [0.25, 0.3) is 0 Å². The monoisotopic (exact) mass is 304 g/mol. The summed E-state index contributed by atoms with van der Waals surface area (Å²) >= 11 is 0. The molecule has 0 fully saturated rings. The van der Waals surface area contributed by atoms with E-state index >= 15 is 0 Å². The van der Waals surface area contributed by atoms with Crippen LogP contribution in [-0.4, -0.2) is 0 Å². The minimum absolute atomic E-state index is 0.760. The smallest absolute Gasteiger partial charge is 0.131 e. The highest BCUT2D eigenvalue weighted by molar-refractivity contribution is 5.39. The Kier molecular flexibility index (Phi) is 4.62. The Labute approximate surface area is 137 Å². The summed E-state index contributed by atoms with van der Waals surface area (Å²) in [6.07, 6.45) is 9.14. The zero-order valence-corrected chi connectivity index (χ0v) is 13.5. The summed E-state index contributed by atoms with van der Waals surface area (Å²) in [5, 5.41) is 0. The van der Waals surface area contributed by atoms with Crippen molar-refractivity contribution in [1.82, 2.24) is 0 Å². The Morgan fingerprint density at radius 3 is 2.30 bits per heavy atom. The second-order valence-electron chi connectivity index (χ2n) is 5.68. The van der Waals surface area contributed by atoms with Crippen molar-refractivity contribution in [3.63, 3.8) is 0 Å². The fourth-order valence-corrected chi connectivity index (χ4v) is 2.26. The standard InChI is InChI=1S/C21H20O2/c1-16-5-3-6-18(12-9-16)22-20-7-4-8-21(15-20)23-19-13-10-17(2)11-14-19/h3-4,6-15H,5H2,1-2H3. The number of aryl methyl sites for hydroxylation is 1. The third-order valence-electron chi connectivity index (χ3n) is 3.55. The average Bonchev–Trinajstić information content (AvgIpc) is 2.75. The highest BCUT2D eigenvalue weighted by Gasteiger charge is 2.03. The molecule has 0 bridgehead atoms. The fraction of sp³-hybridized carbons (Fsp3) is 0.143. The Morgan fingerprint density at radius 2 is 1.52 bits per heavy atom. The lowest BCUT2D eigenvalue weighted by Gasteiger charge is -2.09. The van der Waals surface area contributed by atoms with Crippen molar-refractivity contribution in [1.29, 1.82) is 0 Å². The van der Waals surface area contributed by atoms with Crippen molar-refractivity contribution in [2.24, 2.45) is 0 Å². The molecule has 0 saturated carbocycles. The van der Waals surface area contributed by atoms with Gasteiger partial charge < -0.3 is 9.47 Å². The molecule has 0 spiro atoms. The predicted molar refractivity (Wildman–Crippen MR) is 93.9 cm³/mol. The quantitative estimate of drug-likeness (QED) is 0.694. The van der Waals surface area contributed by atoms with E-state index in [1.165, 1.54) is 11.1 Å². The maximum atomic E-state index is 5.93. The summed E-state index contributed by atoms with van der Waals surface area (Å²) in [6, 6.07) is 15.7. The lowest BCUT2D eigenvalue weighted by molar-refractivity contribution is 0.435. The number of ether oxygens (including phenoxy) is 2. The molecule has 0 saturated heterocycles. The largest absolute Gasteiger partial charge is 0.457 e. The lowest BCUT2D eigenvalue weighted by atomic mass is 10.2.